The highest BCUT2D eigenvalue weighted by Gasteiger charge is 2.41. The summed E-state index contributed by atoms with van der Waals surface area (Å²) in [6, 6.07) is 0. The first-order valence-corrected chi connectivity index (χ1v) is 15.0. The van der Waals surface area contributed by atoms with Crippen molar-refractivity contribution in [3.8, 4) is 0 Å². The lowest BCUT2D eigenvalue weighted by atomic mass is 9.86. The lowest BCUT2D eigenvalue weighted by Crippen LogP contribution is -2.16. The topological polar surface area (TPSA) is 96.7 Å². The molecule has 5 aliphatic heterocycles. The molecule has 1 fully saturated rings. The van der Waals surface area contributed by atoms with Gasteiger partial charge in [-0.15, -0.1) is 0 Å². The molecule has 8 bridgehead atoms. The van der Waals surface area contributed by atoms with Gasteiger partial charge in [-0.25, -0.2) is 15.0 Å². The average molecular weight is 578 g/mol. The van der Waals surface area contributed by atoms with Crippen LogP contribution in [0.2, 0.25) is 0 Å². The maximum atomic E-state index is 12.3. The molecular weight excluding hydrogens is 538 g/mol. The fraction of sp³-hybridized carbons (Fsp3) is 0.371. The Morgan fingerprint density at radius 1 is 1.07 bits per heavy atom. The second kappa shape index (κ2) is 11.1. The minimum Gasteiger partial charge on any atom is -0.469 e. The number of rotatable bonds is 7. The van der Waals surface area contributed by atoms with Gasteiger partial charge in [-0.1, -0.05) is 26.5 Å². The lowest BCUT2D eigenvalue weighted by molar-refractivity contribution is -0.140. The Labute approximate surface area is 253 Å². The zero-order valence-electron chi connectivity index (χ0n) is 26.1. The van der Waals surface area contributed by atoms with Crippen molar-refractivity contribution >= 4 is 23.1 Å². The summed E-state index contributed by atoms with van der Waals surface area (Å²) in [7, 11) is 3.07. The van der Waals surface area contributed by atoms with Crippen LogP contribution >= 0.6 is 0 Å². The molecule has 0 radical (unpaired) electrons. The summed E-state index contributed by atoms with van der Waals surface area (Å²) in [6.45, 7) is 14.8. The van der Waals surface area contributed by atoms with Crippen molar-refractivity contribution in [2.75, 3.05) is 14.2 Å². The highest BCUT2D eigenvalue weighted by molar-refractivity contribution is 6.21. The van der Waals surface area contributed by atoms with Gasteiger partial charge in [0.25, 0.3) is 0 Å². The van der Waals surface area contributed by atoms with Gasteiger partial charge in [-0.3, -0.25) is 15.1 Å². The molecule has 0 unspecified atom stereocenters. The van der Waals surface area contributed by atoms with Crippen LogP contribution < -0.4 is 10.8 Å². The Morgan fingerprint density at radius 3 is 2.51 bits per heavy atom. The highest BCUT2D eigenvalue weighted by Crippen LogP contribution is 2.46. The number of carbonyl (C=O) groups is 1. The van der Waals surface area contributed by atoms with Crippen molar-refractivity contribution in [3.05, 3.63) is 104 Å². The van der Waals surface area contributed by atoms with Crippen molar-refractivity contribution in [2.24, 2.45) is 26.8 Å². The molecule has 8 heteroatoms. The van der Waals surface area contributed by atoms with Crippen molar-refractivity contribution in [2.45, 2.75) is 60.3 Å². The van der Waals surface area contributed by atoms with Crippen molar-refractivity contribution in [1.29, 1.82) is 0 Å². The number of aliphatic imine (C=N–C) groups is 3. The molecule has 0 saturated carbocycles. The third-order valence-corrected chi connectivity index (χ3v) is 9.44. The van der Waals surface area contributed by atoms with Crippen LogP contribution in [0.3, 0.4) is 0 Å². The van der Waals surface area contributed by atoms with Gasteiger partial charge in [0.15, 0.2) is 0 Å². The standard InChI is InChI=1S/C35H39N5O3/c1-9-21-17(3)25-14-27-19(5)23(11-12-32(41)42-7)34(38-27)24-13-31(40-43-8)33-20(6)28(39-35(24)33)16-30-22(10-2)18(4)26(37-30)15-29(21)36-25/h9,14-16,19,23,38,40H,1,10-13H2,2-8H3/t19-,23-/m0/s1. The van der Waals surface area contributed by atoms with E-state index in [4.69, 9.17) is 24.6 Å². The minimum absolute atomic E-state index is 0.0728. The minimum atomic E-state index is -0.209. The molecule has 8 nitrogen and oxygen atoms in total. The van der Waals surface area contributed by atoms with E-state index in [1.807, 2.05) is 6.08 Å². The van der Waals surface area contributed by atoms with E-state index in [9.17, 15) is 4.79 Å². The Hall–Kier alpha value is -4.30. The third kappa shape index (κ3) is 4.65. The summed E-state index contributed by atoms with van der Waals surface area (Å²) in [6.07, 6.45) is 10.7. The van der Waals surface area contributed by atoms with Gasteiger partial charge in [-0.2, -0.15) is 0 Å². The van der Waals surface area contributed by atoms with Gasteiger partial charge >= 0.3 is 5.97 Å². The van der Waals surface area contributed by atoms with Crippen molar-refractivity contribution < 1.29 is 14.4 Å². The molecular formula is C35H39N5O3. The number of methoxy groups -OCH3 is 1. The number of hydroxylamine groups is 1. The predicted octanol–water partition coefficient (Wildman–Crippen LogP) is 6.39. The Bertz CT molecular complexity index is 1710. The zero-order valence-corrected chi connectivity index (χ0v) is 26.1. The largest absolute Gasteiger partial charge is 0.469 e. The van der Waals surface area contributed by atoms with Gasteiger partial charge < -0.3 is 10.1 Å². The number of hydrogen-bond acceptors (Lipinski definition) is 8. The van der Waals surface area contributed by atoms with E-state index in [0.717, 1.165) is 91.2 Å². The third-order valence-electron chi connectivity index (χ3n) is 9.44. The van der Waals surface area contributed by atoms with Crippen LogP contribution in [0, 0.1) is 11.8 Å². The number of allylic oxidation sites excluding steroid dienone is 12. The molecule has 6 rings (SSSR count). The summed E-state index contributed by atoms with van der Waals surface area (Å²) in [5.74, 6) is -0.0138. The van der Waals surface area contributed by atoms with E-state index in [2.05, 4.69) is 70.2 Å². The molecule has 0 spiro atoms. The van der Waals surface area contributed by atoms with Crippen LogP contribution in [0.5, 0.6) is 0 Å². The number of fused-ring (bicyclic) bond motifs is 5. The zero-order chi connectivity index (χ0) is 30.6. The Kier molecular flexibility index (Phi) is 7.42. The lowest BCUT2D eigenvalue weighted by Gasteiger charge is -2.17. The van der Waals surface area contributed by atoms with Crippen molar-refractivity contribution in [1.82, 2.24) is 10.8 Å². The molecule has 0 amide bonds. The van der Waals surface area contributed by atoms with Crippen LogP contribution in [0.4, 0.5) is 0 Å². The molecule has 1 aliphatic carbocycles. The summed E-state index contributed by atoms with van der Waals surface area (Å²) >= 11 is 0. The van der Waals surface area contributed by atoms with Gasteiger partial charge in [0.05, 0.1) is 54.1 Å². The Morgan fingerprint density at radius 2 is 1.81 bits per heavy atom. The molecule has 0 aromatic rings. The first kappa shape index (κ1) is 28.8. The predicted molar refractivity (Wildman–Crippen MR) is 171 cm³/mol. The molecule has 1 saturated heterocycles. The average Bonchev–Trinajstić information content (AvgIpc) is 3.74. The quantitative estimate of drug-likeness (QED) is 0.270. The fourth-order valence-electron chi connectivity index (χ4n) is 6.99. The smallest absolute Gasteiger partial charge is 0.305 e. The summed E-state index contributed by atoms with van der Waals surface area (Å²) in [5.41, 5.74) is 19.5. The maximum Gasteiger partial charge on any atom is 0.305 e. The number of carbonyl (C=O) groups excluding carboxylic acids is 1. The summed E-state index contributed by atoms with van der Waals surface area (Å²) < 4.78 is 5.01. The summed E-state index contributed by atoms with van der Waals surface area (Å²) in [4.78, 5) is 33.1. The Balaban J connectivity index is 1.61. The molecule has 2 atom stereocenters. The second-order valence-electron chi connectivity index (χ2n) is 11.7. The second-order valence-corrected chi connectivity index (χ2v) is 11.7. The van der Waals surface area contributed by atoms with Crippen LogP contribution in [0.15, 0.2) is 119 Å². The van der Waals surface area contributed by atoms with Gasteiger partial charge in [0, 0.05) is 52.8 Å². The van der Waals surface area contributed by atoms with Crippen LogP contribution in [0.1, 0.15) is 60.3 Å². The first-order chi connectivity index (χ1) is 20.7. The van der Waals surface area contributed by atoms with Crippen molar-refractivity contribution in [3.63, 3.8) is 0 Å². The van der Waals surface area contributed by atoms with E-state index in [0.29, 0.717) is 19.3 Å². The number of nitrogens with one attached hydrogen (secondary N) is 2. The van der Waals surface area contributed by atoms with E-state index >= 15 is 0 Å². The number of nitrogens with zero attached hydrogens (tertiary/aromatic N) is 3. The maximum absolute atomic E-state index is 12.3. The highest BCUT2D eigenvalue weighted by atomic mass is 16.6. The van der Waals surface area contributed by atoms with Gasteiger partial charge in [0.1, 0.15) is 0 Å². The van der Waals surface area contributed by atoms with E-state index < -0.39 is 0 Å². The molecule has 6 aliphatic rings. The van der Waals surface area contributed by atoms with Crippen LogP contribution in [-0.4, -0.2) is 37.3 Å². The van der Waals surface area contributed by atoms with E-state index in [-0.39, 0.29) is 17.8 Å². The van der Waals surface area contributed by atoms with E-state index in [1.165, 1.54) is 12.7 Å². The first-order valence-electron chi connectivity index (χ1n) is 15.0. The van der Waals surface area contributed by atoms with E-state index in [1.54, 1.807) is 7.11 Å². The number of hydrogen-bond donors (Lipinski definition) is 2. The summed E-state index contributed by atoms with van der Waals surface area (Å²) in [5, 5.41) is 3.79. The van der Waals surface area contributed by atoms with Crippen LogP contribution in [-0.2, 0) is 14.4 Å². The number of ether oxygens (including phenoxy) is 1. The molecule has 43 heavy (non-hydrogen) atoms. The van der Waals surface area contributed by atoms with Gasteiger partial charge in [-0.05, 0) is 74.1 Å². The SMILES string of the molecule is C=CC1=C(C)C2=NC1=CC1=NC(=CC3=C(C)C4=C(NOC)CC(=C5NC(=C2)[C@@H](C)[C@@H]5CCC(=O)OC)C4=N3)C(CC)=C1C. The molecule has 0 aromatic carbocycles. The van der Waals surface area contributed by atoms with Gasteiger partial charge in [0.2, 0.25) is 0 Å². The molecule has 0 aromatic heterocycles. The molecule has 2 N–H and O–H groups in total. The monoisotopic (exact) mass is 577 g/mol. The number of esters is 1. The normalized spacial score (nSPS) is 24.3. The molecule has 5 heterocycles. The van der Waals surface area contributed by atoms with Crippen LogP contribution in [0.25, 0.3) is 0 Å². The molecule has 222 valence electrons. The fourth-order valence-corrected chi connectivity index (χ4v) is 6.99.